The maximum atomic E-state index is 13.9. The first-order chi connectivity index (χ1) is 12.8. The molecule has 2 heterocycles. The molecule has 0 spiro atoms. The molecule has 0 N–H and O–H groups in total. The highest BCUT2D eigenvalue weighted by molar-refractivity contribution is 6.76. The van der Waals surface area contributed by atoms with E-state index in [0.29, 0.717) is 28.5 Å². The van der Waals surface area contributed by atoms with Gasteiger partial charge in [0.15, 0.2) is 0 Å². The molecule has 7 heteroatoms. The Kier molecular flexibility index (Phi) is 5.52. The fourth-order valence-corrected chi connectivity index (χ4v) is 3.65. The van der Waals surface area contributed by atoms with Gasteiger partial charge < -0.3 is 18.5 Å². The summed E-state index contributed by atoms with van der Waals surface area (Å²) in [6.07, 6.45) is 3.27. The molecule has 3 aromatic rings. The van der Waals surface area contributed by atoms with E-state index < -0.39 is 13.7 Å². The van der Waals surface area contributed by atoms with Crippen LogP contribution >= 0.6 is 0 Å². The van der Waals surface area contributed by atoms with E-state index in [1.54, 1.807) is 19.3 Å². The third-order valence-corrected chi connectivity index (χ3v) is 6.04. The smallest absolute Gasteiger partial charge is 0.345 e. The van der Waals surface area contributed by atoms with Crippen LogP contribution in [-0.4, -0.2) is 26.4 Å². The van der Waals surface area contributed by atoms with Crippen molar-refractivity contribution >= 4 is 36.0 Å². The highest BCUT2D eigenvalue weighted by atomic mass is 28.3. The van der Waals surface area contributed by atoms with Crippen molar-refractivity contribution in [2.24, 2.45) is 0 Å². The molecule has 0 saturated heterocycles. The first kappa shape index (κ1) is 19.4. The van der Waals surface area contributed by atoms with Crippen LogP contribution in [-0.2, 0) is 16.2 Å². The maximum Gasteiger partial charge on any atom is 0.345 e. The van der Waals surface area contributed by atoms with Crippen molar-refractivity contribution in [3.05, 3.63) is 52.5 Å². The van der Waals surface area contributed by atoms with E-state index in [4.69, 9.17) is 13.9 Å². The highest BCUT2D eigenvalue weighted by Gasteiger charge is 2.16. The Hall–Kier alpha value is -2.38. The molecule has 0 aliphatic carbocycles. The van der Waals surface area contributed by atoms with Crippen molar-refractivity contribution in [2.75, 3.05) is 13.7 Å². The summed E-state index contributed by atoms with van der Waals surface area (Å²) in [5, 5.41) is 0.924. The molecule has 0 amide bonds. The van der Waals surface area contributed by atoms with Crippen LogP contribution in [0.15, 0.2) is 39.7 Å². The standard InChI is InChI=1S/C20H24FNO4Si/c1-24-8-7-15-12-17-19(22(15)13-25-9-10-27(2,3)4)16-11-14(21)5-6-18(16)26-20(17)23/h5-8,11-12H,9-10,13H2,1-4H3/q-1/b8-7+. The number of benzene rings is 1. The van der Waals surface area contributed by atoms with E-state index in [0.717, 1.165) is 11.7 Å². The van der Waals surface area contributed by atoms with Crippen LogP contribution < -0.4 is 5.63 Å². The topological polar surface area (TPSA) is 53.6 Å². The van der Waals surface area contributed by atoms with Crippen LogP contribution in [0.1, 0.15) is 5.69 Å². The summed E-state index contributed by atoms with van der Waals surface area (Å²) in [6.45, 7) is 7.75. The van der Waals surface area contributed by atoms with Crippen LogP contribution in [0.3, 0.4) is 0 Å². The van der Waals surface area contributed by atoms with Gasteiger partial charge in [0.05, 0.1) is 24.3 Å². The molecule has 2 aromatic heterocycles. The second-order valence-electron chi connectivity index (χ2n) is 7.68. The van der Waals surface area contributed by atoms with Crippen molar-refractivity contribution < 1.29 is 18.3 Å². The normalized spacial score (nSPS) is 12.5. The second kappa shape index (κ2) is 7.70. The van der Waals surface area contributed by atoms with E-state index >= 15 is 0 Å². The van der Waals surface area contributed by atoms with Crippen LogP contribution in [0.5, 0.6) is 0 Å². The molecule has 145 valence electrons. The maximum absolute atomic E-state index is 13.9. The van der Waals surface area contributed by atoms with Crippen molar-refractivity contribution in [3.8, 4) is 0 Å². The summed E-state index contributed by atoms with van der Waals surface area (Å²) in [6, 6.07) is 6.87. The number of hydrogen-bond acceptors (Lipinski definition) is 4. The van der Waals surface area contributed by atoms with Gasteiger partial charge in [-0.05, 0) is 30.3 Å². The van der Waals surface area contributed by atoms with E-state index in [1.807, 2.05) is 4.57 Å². The number of nitrogens with zero attached hydrogens (tertiary/aromatic N) is 1. The van der Waals surface area contributed by atoms with Crippen LogP contribution in [0, 0.1) is 5.82 Å². The van der Waals surface area contributed by atoms with Gasteiger partial charge in [0, 0.05) is 17.7 Å². The lowest BCUT2D eigenvalue weighted by Gasteiger charge is -2.26. The summed E-state index contributed by atoms with van der Waals surface area (Å²) in [5.74, 6) is -0.390. The molecule has 0 unspecified atom stereocenters. The Morgan fingerprint density at radius 3 is 2.70 bits per heavy atom. The number of fused-ring (bicyclic) bond motifs is 3. The lowest BCUT2D eigenvalue weighted by atomic mass is 10.2. The molecular formula is C20H24FNO4Si-. The minimum atomic E-state index is -1.21. The summed E-state index contributed by atoms with van der Waals surface area (Å²) in [4.78, 5) is 12.4. The zero-order valence-electron chi connectivity index (χ0n) is 16.0. The largest absolute Gasteiger partial charge is 0.504 e. The molecule has 27 heavy (non-hydrogen) atoms. The van der Waals surface area contributed by atoms with Crippen molar-refractivity contribution in [2.45, 2.75) is 32.4 Å². The van der Waals surface area contributed by atoms with Gasteiger partial charge in [0.25, 0.3) is 0 Å². The molecule has 3 rings (SSSR count). The fraction of sp³-hybridized carbons (Fsp3) is 0.350. The molecule has 0 aliphatic heterocycles. The number of aromatic nitrogens is 1. The Balaban J connectivity index is 2.12. The number of methoxy groups -OCH3 is 1. The van der Waals surface area contributed by atoms with E-state index in [-0.39, 0.29) is 12.5 Å². The number of halogens is 1. The van der Waals surface area contributed by atoms with E-state index in [1.165, 1.54) is 24.5 Å². The minimum Gasteiger partial charge on any atom is -0.504 e. The molecule has 0 aliphatic rings. The predicted molar refractivity (Wildman–Crippen MR) is 108 cm³/mol. The third kappa shape index (κ3) is 4.31. The molecular weight excluding hydrogens is 365 g/mol. The van der Waals surface area contributed by atoms with Crippen LogP contribution in [0.2, 0.25) is 25.7 Å². The summed E-state index contributed by atoms with van der Waals surface area (Å²) in [5.41, 5.74) is 1.21. The molecule has 0 bridgehead atoms. The first-order valence-corrected chi connectivity index (χ1v) is 12.5. The highest BCUT2D eigenvalue weighted by Crippen LogP contribution is 2.27. The van der Waals surface area contributed by atoms with Gasteiger partial charge in [-0.2, -0.15) is 19.6 Å². The van der Waals surface area contributed by atoms with Gasteiger partial charge in [-0.25, -0.2) is 9.18 Å². The second-order valence-corrected chi connectivity index (χ2v) is 13.3. The molecule has 0 atom stereocenters. The summed E-state index contributed by atoms with van der Waals surface area (Å²) in [7, 11) is 0.338. The quantitative estimate of drug-likeness (QED) is 0.252. The zero-order chi connectivity index (χ0) is 19.6. The first-order valence-electron chi connectivity index (χ1n) is 8.83. The SMILES string of the molecule is CO/C=C/c1cc2c(=O)oc3ccc(F)cc3c2n1COCC[Si-](C)(C)C. The van der Waals surface area contributed by atoms with Crippen molar-refractivity contribution in [1.29, 1.82) is 0 Å². The van der Waals surface area contributed by atoms with Gasteiger partial charge in [0.1, 0.15) is 18.1 Å². The van der Waals surface area contributed by atoms with Crippen LogP contribution in [0.4, 0.5) is 4.39 Å². The third-order valence-electron chi connectivity index (χ3n) is 4.34. The Morgan fingerprint density at radius 1 is 1.22 bits per heavy atom. The van der Waals surface area contributed by atoms with Gasteiger partial charge in [0.2, 0.25) is 0 Å². The van der Waals surface area contributed by atoms with Gasteiger partial charge in [-0.1, -0.05) is 0 Å². The van der Waals surface area contributed by atoms with Gasteiger partial charge >= 0.3 is 5.63 Å². The molecule has 0 radical (unpaired) electrons. The number of rotatable bonds is 7. The molecule has 1 aromatic carbocycles. The Bertz CT molecular complexity index is 1050. The minimum absolute atomic E-state index is 0.256. The predicted octanol–water partition coefficient (Wildman–Crippen LogP) is 4.82. The monoisotopic (exact) mass is 389 g/mol. The van der Waals surface area contributed by atoms with E-state index in [2.05, 4.69) is 19.6 Å². The van der Waals surface area contributed by atoms with E-state index in [9.17, 15) is 9.18 Å². The van der Waals surface area contributed by atoms with Crippen molar-refractivity contribution in [3.63, 3.8) is 0 Å². The molecule has 0 fully saturated rings. The number of hydrogen-bond donors (Lipinski definition) is 0. The molecule has 5 nitrogen and oxygen atoms in total. The van der Waals surface area contributed by atoms with Gasteiger partial charge in [-0.15, -0.1) is 14.1 Å². The lowest BCUT2D eigenvalue weighted by molar-refractivity contribution is 0.0899. The number of ether oxygens (including phenoxy) is 2. The summed E-state index contributed by atoms with van der Waals surface area (Å²) < 4.78 is 32.0. The van der Waals surface area contributed by atoms with Crippen molar-refractivity contribution in [1.82, 2.24) is 4.57 Å². The average molecular weight is 389 g/mol. The zero-order valence-corrected chi connectivity index (χ0v) is 17.0. The Morgan fingerprint density at radius 2 is 2.00 bits per heavy atom. The summed E-state index contributed by atoms with van der Waals surface area (Å²) >= 11 is 0. The lowest BCUT2D eigenvalue weighted by Crippen LogP contribution is -2.22. The Labute approximate surface area is 158 Å². The van der Waals surface area contributed by atoms with Gasteiger partial charge in [-0.3, -0.25) is 0 Å². The molecule has 0 saturated carbocycles. The fourth-order valence-electron chi connectivity index (χ4n) is 2.89. The van der Waals surface area contributed by atoms with Crippen LogP contribution in [0.25, 0.3) is 27.9 Å². The average Bonchev–Trinajstić information content (AvgIpc) is 2.96.